The Morgan fingerprint density at radius 3 is 1.27 bits per heavy atom. The molecule has 1 amide bonds. The fraction of sp³-hybridized carbons (Fsp3) is 0.756. The first-order valence-corrected chi connectivity index (χ1v) is 21.3. The Morgan fingerprint density at radius 2 is 0.885 bits per heavy atom. The predicted molar refractivity (Wildman–Crippen MR) is 218 cm³/mol. The second kappa shape index (κ2) is 34.1. The van der Waals surface area contributed by atoms with E-state index in [1.807, 2.05) is 19.0 Å². The average molecular weight is 727 g/mol. The maximum atomic E-state index is 12.9. The number of carbonyl (C=O) groups excluding carboxylic acids is 3. The summed E-state index contributed by atoms with van der Waals surface area (Å²) in [5.41, 5.74) is 0. The zero-order valence-electron chi connectivity index (χ0n) is 34.0. The van der Waals surface area contributed by atoms with Crippen molar-refractivity contribution in [3.8, 4) is 0 Å². The van der Waals surface area contributed by atoms with Gasteiger partial charge in [0.05, 0.1) is 13.1 Å². The van der Waals surface area contributed by atoms with Gasteiger partial charge in [0.2, 0.25) is 5.91 Å². The molecule has 1 fully saturated rings. The fourth-order valence-corrected chi connectivity index (χ4v) is 6.27. The summed E-state index contributed by atoms with van der Waals surface area (Å²) in [5.74, 6) is -0.545. The number of amides is 1. The number of rotatable bonds is 33. The highest BCUT2D eigenvalue weighted by atomic mass is 16.6. The third-order valence-electron chi connectivity index (χ3n) is 9.57. The highest BCUT2D eigenvalue weighted by molar-refractivity contribution is 5.77. The van der Waals surface area contributed by atoms with Crippen molar-refractivity contribution in [3.05, 3.63) is 48.6 Å². The molecule has 2 unspecified atom stereocenters. The van der Waals surface area contributed by atoms with Crippen LogP contribution in [0.2, 0.25) is 0 Å². The van der Waals surface area contributed by atoms with Gasteiger partial charge < -0.3 is 19.3 Å². The molecule has 0 bridgehead atoms. The largest absolute Gasteiger partial charge is 0.456 e. The zero-order chi connectivity index (χ0) is 37.9. The van der Waals surface area contributed by atoms with Gasteiger partial charge in [-0.05, 0) is 91.1 Å². The standard InChI is InChI=1S/C45H78N2O5/c1-5-7-9-11-13-15-17-19-21-23-25-27-29-31-33-35-44(49)51-41-39-47(43(48)37-38-46(3)4)40-42(41)52-45(50)36-34-32-30-28-26-24-22-20-18-16-14-12-10-8-6-2/h13-16,19-22,41-42H,5-12,17-18,23-40H2,1-4H3. The van der Waals surface area contributed by atoms with Crippen LogP contribution in [0.25, 0.3) is 0 Å². The minimum absolute atomic E-state index is 0.00395. The molecular weight excluding hydrogens is 649 g/mol. The molecule has 0 aromatic carbocycles. The van der Waals surface area contributed by atoms with E-state index in [2.05, 4.69) is 62.5 Å². The van der Waals surface area contributed by atoms with Gasteiger partial charge in [-0.25, -0.2) is 0 Å². The van der Waals surface area contributed by atoms with Gasteiger partial charge in [0.25, 0.3) is 0 Å². The molecule has 0 spiro atoms. The van der Waals surface area contributed by atoms with Gasteiger partial charge in [-0.15, -0.1) is 0 Å². The van der Waals surface area contributed by atoms with E-state index in [1.165, 1.54) is 64.2 Å². The van der Waals surface area contributed by atoms with E-state index in [0.29, 0.717) is 25.8 Å². The monoisotopic (exact) mass is 727 g/mol. The van der Waals surface area contributed by atoms with E-state index in [9.17, 15) is 14.4 Å². The summed E-state index contributed by atoms with van der Waals surface area (Å²) >= 11 is 0. The molecule has 52 heavy (non-hydrogen) atoms. The molecule has 0 N–H and O–H groups in total. The van der Waals surface area contributed by atoms with Gasteiger partial charge in [0.1, 0.15) is 0 Å². The highest BCUT2D eigenvalue weighted by Crippen LogP contribution is 2.21. The van der Waals surface area contributed by atoms with Crippen LogP contribution in [-0.4, -0.2) is 73.6 Å². The number of allylic oxidation sites excluding steroid dienone is 8. The van der Waals surface area contributed by atoms with Crippen molar-refractivity contribution < 1.29 is 23.9 Å². The Hall–Kier alpha value is -2.67. The van der Waals surface area contributed by atoms with Crippen molar-refractivity contribution in [2.75, 3.05) is 33.7 Å². The van der Waals surface area contributed by atoms with Crippen molar-refractivity contribution in [2.45, 2.75) is 187 Å². The van der Waals surface area contributed by atoms with E-state index < -0.39 is 12.2 Å². The number of likely N-dealkylation sites (tertiary alicyclic amines) is 1. The molecule has 1 aliphatic heterocycles. The van der Waals surface area contributed by atoms with Gasteiger partial charge in [-0.2, -0.15) is 0 Å². The molecule has 1 saturated heterocycles. The van der Waals surface area contributed by atoms with E-state index in [-0.39, 0.29) is 30.9 Å². The molecule has 0 radical (unpaired) electrons. The minimum Gasteiger partial charge on any atom is -0.456 e. The van der Waals surface area contributed by atoms with Crippen LogP contribution in [0.15, 0.2) is 48.6 Å². The van der Waals surface area contributed by atoms with Crippen molar-refractivity contribution in [1.82, 2.24) is 9.80 Å². The molecule has 298 valence electrons. The molecule has 0 aromatic rings. The molecule has 2 atom stereocenters. The first-order valence-electron chi connectivity index (χ1n) is 21.3. The molecule has 0 saturated carbocycles. The summed E-state index contributed by atoms with van der Waals surface area (Å²) in [5, 5.41) is 0. The molecule has 1 rings (SSSR count). The maximum Gasteiger partial charge on any atom is 0.306 e. The average Bonchev–Trinajstić information content (AvgIpc) is 3.51. The quantitative estimate of drug-likeness (QED) is 0.0381. The topological polar surface area (TPSA) is 76.2 Å². The Morgan fingerprint density at radius 1 is 0.519 bits per heavy atom. The maximum absolute atomic E-state index is 12.9. The Labute approximate surface area is 319 Å². The highest BCUT2D eigenvalue weighted by Gasteiger charge is 2.40. The minimum atomic E-state index is -0.609. The lowest BCUT2D eigenvalue weighted by Crippen LogP contribution is -2.33. The zero-order valence-corrected chi connectivity index (χ0v) is 34.0. The smallest absolute Gasteiger partial charge is 0.306 e. The van der Waals surface area contributed by atoms with Crippen LogP contribution < -0.4 is 0 Å². The van der Waals surface area contributed by atoms with Gasteiger partial charge in [-0.3, -0.25) is 14.4 Å². The van der Waals surface area contributed by atoms with Crippen LogP contribution in [0, 0.1) is 0 Å². The predicted octanol–water partition coefficient (Wildman–Crippen LogP) is 11.2. The molecular formula is C45H78N2O5. The fourth-order valence-electron chi connectivity index (χ4n) is 6.27. The van der Waals surface area contributed by atoms with Crippen LogP contribution in [0.4, 0.5) is 0 Å². The second-order valence-electron chi connectivity index (χ2n) is 14.9. The third-order valence-corrected chi connectivity index (χ3v) is 9.57. The lowest BCUT2D eigenvalue weighted by atomic mass is 10.1. The molecule has 1 heterocycles. The number of carbonyl (C=O) groups is 3. The van der Waals surface area contributed by atoms with Crippen LogP contribution in [0.1, 0.15) is 174 Å². The second-order valence-corrected chi connectivity index (χ2v) is 14.9. The lowest BCUT2D eigenvalue weighted by Gasteiger charge is -2.19. The molecule has 7 nitrogen and oxygen atoms in total. The van der Waals surface area contributed by atoms with E-state index in [1.54, 1.807) is 4.90 Å². The summed E-state index contributed by atoms with van der Waals surface area (Å²) in [7, 11) is 3.87. The molecule has 0 aliphatic carbocycles. The van der Waals surface area contributed by atoms with Gasteiger partial charge in [0.15, 0.2) is 12.2 Å². The first kappa shape index (κ1) is 47.4. The van der Waals surface area contributed by atoms with Crippen LogP contribution in [0.3, 0.4) is 0 Å². The third kappa shape index (κ3) is 27.9. The summed E-state index contributed by atoms with van der Waals surface area (Å²) in [6.45, 7) is 5.67. The Balaban J connectivity index is 2.31. The first-order chi connectivity index (χ1) is 25.4. The van der Waals surface area contributed by atoms with Crippen molar-refractivity contribution in [2.24, 2.45) is 0 Å². The molecule has 1 aliphatic rings. The van der Waals surface area contributed by atoms with Crippen LogP contribution in [0.5, 0.6) is 0 Å². The van der Waals surface area contributed by atoms with Gasteiger partial charge >= 0.3 is 11.9 Å². The van der Waals surface area contributed by atoms with Crippen molar-refractivity contribution in [1.29, 1.82) is 0 Å². The lowest BCUT2D eigenvalue weighted by molar-refractivity contribution is -0.164. The van der Waals surface area contributed by atoms with Crippen molar-refractivity contribution in [3.63, 3.8) is 0 Å². The Bertz CT molecular complexity index is 949. The summed E-state index contributed by atoms with van der Waals surface area (Å²) in [6.07, 6.45) is 42.9. The normalized spacial score (nSPS) is 16.4. The number of hydrogen-bond donors (Lipinski definition) is 0. The van der Waals surface area contributed by atoms with Gasteiger partial charge in [0, 0.05) is 25.8 Å². The number of ether oxygens (including phenoxy) is 2. The number of esters is 2. The van der Waals surface area contributed by atoms with E-state index in [0.717, 1.165) is 77.0 Å². The van der Waals surface area contributed by atoms with Crippen LogP contribution >= 0.6 is 0 Å². The summed E-state index contributed by atoms with van der Waals surface area (Å²) in [6, 6.07) is 0. The van der Waals surface area contributed by atoms with Crippen LogP contribution in [-0.2, 0) is 23.9 Å². The molecule has 7 heteroatoms. The number of nitrogens with zero attached hydrogens (tertiary/aromatic N) is 2. The summed E-state index contributed by atoms with van der Waals surface area (Å²) in [4.78, 5) is 42.1. The van der Waals surface area contributed by atoms with Gasteiger partial charge in [-0.1, -0.05) is 127 Å². The van der Waals surface area contributed by atoms with E-state index >= 15 is 0 Å². The van der Waals surface area contributed by atoms with E-state index in [4.69, 9.17) is 9.47 Å². The summed E-state index contributed by atoms with van der Waals surface area (Å²) < 4.78 is 11.7. The Kier molecular flexibility index (Phi) is 31.1. The molecule has 0 aromatic heterocycles. The van der Waals surface area contributed by atoms with Crippen molar-refractivity contribution >= 4 is 17.8 Å². The number of hydrogen-bond acceptors (Lipinski definition) is 6. The number of unbranched alkanes of at least 4 members (excludes halogenated alkanes) is 16. The SMILES string of the molecule is CCCCCC=CCC=CCCCCCCCC(=O)OC1CN(C(=O)CCN(C)C)CC1OC(=O)CCCCCCCC=CCC=CCCCCC.